The van der Waals surface area contributed by atoms with Crippen molar-refractivity contribution in [3.05, 3.63) is 59.9 Å². The Bertz CT molecular complexity index is 520. The molecule has 0 bridgehead atoms. The number of anilines is 1. The van der Waals surface area contributed by atoms with Crippen molar-refractivity contribution in [3.63, 3.8) is 0 Å². The average molecular weight is 231 g/mol. The zero-order chi connectivity index (χ0) is 12.3. The van der Waals surface area contributed by atoms with Gasteiger partial charge in [0.05, 0.1) is 0 Å². The number of halogens is 1. The van der Waals surface area contributed by atoms with Crippen LogP contribution in [0, 0.1) is 5.82 Å². The fourth-order valence-corrected chi connectivity index (χ4v) is 1.35. The highest BCUT2D eigenvalue weighted by Gasteiger charge is 2.05. The molecule has 0 heterocycles. The maximum atomic E-state index is 12.7. The van der Waals surface area contributed by atoms with E-state index in [0.717, 1.165) is 0 Å². The van der Waals surface area contributed by atoms with Crippen molar-refractivity contribution in [2.75, 3.05) is 5.32 Å². The van der Waals surface area contributed by atoms with Crippen LogP contribution in [0.15, 0.2) is 48.5 Å². The van der Waals surface area contributed by atoms with Crippen LogP contribution in [-0.2, 0) is 0 Å². The molecule has 2 aromatic rings. The van der Waals surface area contributed by atoms with Crippen LogP contribution in [-0.4, -0.2) is 11.0 Å². The first-order valence-corrected chi connectivity index (χ1v) is 5.01. The molecule has 2 N–H and O–H groups in total. The summed E-state index contributed by atoms with van der Waals surface area (Å²) in [6, 6.07) is 11.4. The summed E-state index contributed by atoms with van der Waals surface area (Å²) in [6.45, 7) is 0. The molecule has 2 aromatic carbocycles. The second-order valence-corrected chi connectivity index (χ2v) is 3.51. The van der Waals surface area contributed by atoms with Crippen molar-refractivity contribution in [3.8, 4) is 5.75 Å². The Morgan fingerprint density at radius 3 is 2.18 bits per heavy atom. The Balaban J connectivity index is 2.11. The van der Waals surface area contributed by atoms with Crippen molar-refractivity contribution in [1.29, 1.82) is 0 Å². The number of aromatic hydroxyl groups is 1. The van der Waals surface area contributed by atoms with Gasteiger partial charge in [-0.1, -0.05) is 0 Å². The third-order valence-corrected chi connectivity index (χ3v) is 2.23. The van der Waals surface area contributed by atoms with Crippen molar-refractivity contribution < 1.29 is 14.3 Å². The Morgan fingerprint density at radius 2 is 1.59 bits per heavy atom. The number of phenolic OH excluding ortho intramolecular Hbond substituents is 1. The van der Waals surface area contributed by atoms with Crippen molar-refractivity contribution in [1.82, 2.24) is 0 Å². The van der Waals surface area contributed by atoms with Crippen LogP contribution in [0.5, 0.6) is 5.75 Å². The number of phenols is 1. The summed E-state index contributed by atoms with van der Waals surface area (Å²) in [4.78, 5) is 11.7. The fourth-order valence-electron chi connectivity index (χ4n) is 1.35. The summed E-state index contributed by atoms with van der Waals surface area (Å²) in [6.07, 6.45) is 0. The Kier molecular flexibility index (Phi) is 3.05. The van der Waals surface area contributed by atoms with Gasteiger partial charge in [0, 0.05) is 11.3 Å². The van der Waals surface area contributed by atoms with Gasteiger partial charge < -0.3 is 10.4 Å². The van der Waals surface area contributed by atoms with Gasteiger partial charge in [-0.25, -0.2) is 4.39 Å². The first-order chi connectivity index (χ1) is 8.15. The SMILES string of the molecule is O=C(Nc1ccc(O)cc1)c1ccc(F)cc1. The highest BCUT2D eigenvalue weighted by atomic mass is 19.1. The molecule has 0 aliphatic heterocycles. The number of carbonyl (C=O) groups excluding carboxylic acids is 1. The van der Waals surface area contributed by atoms with Gasteiger partial charge in [-0.2, -0.15) is 0 Å². The van der Waals surface area contributed by atoms with Crippen LogP contribution in [0.2, 0.25) is 0 Å². The predicted octanol–water partition coefficient (Wildman–Crippen LogP) is 2.78. The quantitative estimate of drug-likeness (QED) is 0.781. The topological polar surface area (TPSA) is 49.3 Å². The molecule has 0 unspecified atom stereocenters. The molecule has 0 fully saturated rings. The van der Waals surface area contributed by atoms with Crippen LogP contribution >= 0.6 is 0 Å². The largest absolute Gasteiger partial charge is 0.508 e. The van der Waals surface area contributed by atoms with E-state index in [-0.39, 0.29) is 17.5 Å². The molecule has 3 nitrogen and oxygen atoms in total. The lowest BCUT2D eigenvalue weighted by molar-refractivity contribution is 0.102. The molecule has 0 aliphatic carbocycles. The number of hydrogen-bond donors (Lipinski definition) is 2. The van der Waals surface area contributed by atoms with E-state index in [0.29, 0.717) is 11.3 Å². The summed E-state index contributed by atoms with van der Waals surface area (Å²) in [7, 11) is 0. The standard InChI is InChI=1S/C13H10FNO2/c14-10-3-1-9(2-4-10)13(17)15-11-5-7-12(16)8-6-11/h1-8,16H,(H,15,17). The number of benzene rings is 2. The van der Waals surface area contributed by atoms with Gasteiger partial charge in [-0.05, 0) is 48.5 Å². The first-order valence-electron chi connectivity index (χ1n) is 5.01. The summed E-state index contributed by atoms with van der Waals surface area (Å²) in [5.74, 6) is -0.577. The molecule has 1 amide bonds. The minimum absolute atomic E-state index is 0.129. The third-order valence-electron chi connectivity index (χ3n) is 2.23. The van der Waals surface area contributed by atoms with Gasteiger partial charge in [-0.15, -0.1) is 0 Å². The zero-order valence-electron chi connectivity index (χ0n) is 8.85. The second kappa shape index (κ2) is 4.65. The van der Waals surface area contributed by atoms with Gasteiger partial charge in [0.15, 0.2) is 0 Å². The highest BCUT2D eigenvalue weighted by Crippen LogP contribution is 2.14. The van der Waals surface area contributed by atoms with E-state index >= 15 is 0 Å². The average Bonchev–Trinajstić information content (AvgIpc) is 2.33. The number of rotatable bonds is 2. The number of nitrogens with one attached hydrogen (secondary N) is 1. The lowest BCUT2D eigenvalue weighted by Gasteiger charge is -2.05. The molecule has 17 heavy (non-hydrogen) atoms. The van der Waals surface area contributed by atoms with Crippen LogP contribution in [0.25, 0.3) is 0 Å². The van der Waals surface area contributed by atoms with Gasteiger partial charge in [0.25, 0.3) is 5.91 Å². The molecule has 0 saturated heterocycles. The molecule has 0 aromatic heterocycles. The summed E-state index contributed by atoms with van der Waals surface area (Å²) in [5, 5.41) is 11.7. The van der Waals surface area contributed by atoms with Crippen LogP contribution < -0.4 is 5.32 Å². The van der Waals surface area contributed by atoms with E-state index in [1.807, 2.05) is 0 Å². The molecule has 0 saturated carbocycles. The van der Waals surface area contributed by atoms with Crippen molar-refractivity contribution >= 4 is 11.6 Å². The zero-order valence-corrected chi connectivity index (χ0v) is 8.85. The number of hydrogen-bond acceptors (Lipinski definition) is 2. The molecule has 0 atom stereocenters. The molecule has 0 aliphatic rings. The smallest absolute Gasteiger partial charge is 0.255 e. The summed E-state index contributed by atoms with van der Waals surface area (Å²) in [5.41, 5.74) is 0.941. The van der Waals surface area contributed by atoms with Crippen LogP contribution in [0.1, 0.15) is 10.4 Å². The maximum absolute atomic E-state index is 12.7. The Hall–Kier alpha value is -2.36. The molecule has 2 rings (SSSR count). The highest BCUT2D eigenvalue weighted by molar-refractivity contribution is 6.04. The number of carbonyl (C=O) groups is 1. The minimum atomic E-state index is -0.383. The van der Waals surface area contributed by atoms with Gasteiger partial charge in [0.2, 0.25) is 0 Å². The fraction of sp³-hybridized carbons (Fsp3) is 0. The predicted molar refractivity (Wildman–Crippen MR) is 62.5 cm³/mol. The van der Waals surface area contributed by atoms with E-state index in [2.05, 4.69) is 5.32 Å². The van der Waals surface area contributed by atoms with Crippen molar-refractivity contribution in [2.24, 2.45) is 0 Å². The van der Waals surface area contributed by atoms with E-state index < -0.39 is 0 Å². The van der Waals surface area contributed by atoms with Crippen LogP contribution in [0.3, 0.4) is 0 Å². The van der Waals surface area contributed by atoms with Gasteiger partial charge in [0.1, 0.15) is 11.6 Å². The third kappa shape index (κ3) is 2.81. The normalized spacial score (nSPS) is 9.94. The van der Waals surface area contributed by atoms with Gasteiger partial charge >= 0.3 is 0 Å². The lowest BCUT2D eigenvalue weighted by atomic mass is 10.2. The minimum Gasteiger partial charge on any atom is -0.508 e. The molecular formula is C13H10FNO2. The first kappa shape index (κ1) is 11.1. The molecule has 86 valence electrons. The Morgan fingerprint density at radius 1 is 1.00 bits per heavy atom. The second-order valence-electron chi connectivity index (χ2n) is 3.51. The number of amides is 1. The molecule has 4 heteroatoms. The maximum Gasteiger partial charge on any atom is 0.255 e. The van der Waals surface area contributed by atoms with E-state index in [4.69, 9.17) is 5.11 Å². The molecule has 0 radical (unpaired) electrons. The Labute approximate surface area is 97.5 Å². The summed E-state index contributed by atoms with van der Waals surface area (Å²) >= 11 is 0. The summed E-state index contributed by atoms with van der Waals surface area (Å²) < 4.78 is 12.7. The van der Waals surface area contributed by atoms with E-state index in [9.17, 15) is 9.18 Å². The molecule has 0 spiro atoms. The van der Waals surface area contributed by atoms with E-state index in [1.54, 1.807) is 12.1 Å². The van der Waals surface area contributed by atoms with Crippen LogP contribution in [0.4, 0.5) is 10.1 Å². The monoisotopic (exact) mass is 231 g/mol. The van der Waals surface area contributed by atoms with Crippen molar-refractivity contribution in [2.45, 2.75) is 0 Å². The van der Waals surface area contributed by atoms with Gasteiger partial charge in [-0.3, -0.25) is 4.79 Å². The van der Waals surface area contributed by atoms with E-state index in [1.165, 1.54) is 36.4 Å². The molecular weight excluding hydrogens is 221 g/mol. The lowest BCUT2D eigenvalue weighted by Crippen LogP contribution is -2.11.